The number of ketones is 1. The van der Waals surface area contributed by atoms with Gasteiger partial charge < -0.3 is 24.1 Å². The van der Waals surface area contributed by atoms with E-state index in [9.17, 15) is 19.5 Å². The molecule has 2 rings (SSSR count). The van der Waals surface area contributed by atoms with Crippen molar-refractivity contribution in [3.05, 3.63) is 23.8 Å². The van der Waals surface area contributed by atoms with Crippen LogP contribution in [0.5, 0.6) is 11.5 Å². The Labute approximate surface area is 182 Å². The fourth-order valence-electron chi connectivity index (χ4n) is 4.09. The zero-order chi connectivity index (χ0) is 23.5. The van der Waals surface area contributed by atoms with Gasteiger partial charge in [-0.1, -0.05) is 6.07 Å². The summed E-state index contributed by atoms with van der Waals surface area (Å²) in [6, 6.07) is 4.87. The zero-order valence-corrected chi connectivity index (χ0v) is 19.1. The van der Waals surface area contributed by atoms with Crippen LogP contribution in [-0.4, -0.2) is 54.9 Å². The number of ether oxygens (including phenoxy) is 4. The second-order valence-electron chi connectivity index (χ2n) is 8.57. The molecule has 1 aromatic rings. The van der Waals surface area contributed by atoms with Gasteiger partial charge in [-0.05, 0) is 52.3 Å². The van der Waals surface area contributed by atoms with Gasteiger partial charge in [0.25, 0.3) is 0 Å². The van der Waals surface area contributed by atoms with Crippen LogP contribution in [0.2, 0.25) is 0 Å². The first-order valence-electron chi connectivity index (χ1n) is 10.3. The normalized spacial score (nSPS) is 26.0. The summed E-state index contributed by atoms with van der Waals surface area (Å²) in [7, 11) is 2.94. The lowest BCUT2D eigenvalue weighted by Crippen LogP contribution is -2.55. The third kappa shape index (κ3) is 5.36. The molecule has 4 unspecified atom stereocenters. The number of methoxy groups -OCH3 is 2. The van der Waals surface area contributed by atoms with Crippen LogP contribution >= 0.6 is 0 Å². The molecule has 1 aromatic carbocycles. The molecule has 31 heavy (non-hydrogen) atoms. The molecule has 0 spiro atoms. The first kappa shape index (κ1) is 24.7. The summed E-state index contributed by atoms with van der Waals surface area (Å²) in [6.45, 7) is 8.15. The number of Topliss-reactive ketones (excluding diaryl/α,β-unsaturated/α-hetero) is 1. The van der Waals surface area contributed by atoms with Crippen molar-refractivity contribution in [3.8, 4) is 11.5 Å². The maximum atomic E-state index is 13.1. The summed E-state index contributed by atoms with van der Waals surface area (Å²) in [5.74, 6) is -4.56. The molecular formula is C23H32O8. The summed E-state index contributed by atoms with van der Waals surface area (Å²) in [5, 5.41) is 11.1. The van der Waals surface area contributed by atoms with Crippen molar-refractivity contribution in [1.82, 2.24) is 0 Å². The fourth-order valence-corrected chi connectivity index (χ4v) is 4.09. The largest absolute Gasteiger partial charge is 0.493 e. The van der Waals surface area contributed by atoms with Crippen molar-refractivity contribution in [3.63, 3.8) is 0 Å². The monoisotopic (exact) mass is 436 g/mol. The highest BCUT2D eigenvalue weighted by Gasteiger charge is 2.57. The highest BCUT2D eigenvalue weighted by atomic mass is 16.5. The smallest absolute Gasteiger partial charge is 0.317 e. The van der Waals surface area contributed by atoms with Crippen LogP contribution in [0, 0.1) is 11.8 Å². The lowest BCUT2D eigenvalue weighted by molar-refractivity contribution is -0.176. The highest BCUT2D eigenvalue weighted by Crippen LogP contribution is 2.48. The molecule has 8 heteroatoms. The van der Waals surface area contributed by atoms with Gasteiger partial charge in [0.15, 0.2) is 17.3 Å². The van der Waals surface area contributed by atoms with E-state index in [1.54, 1.807) is 45.9 Å². The van der Waals surface area contributed by atoms with Crippen LogP contribution in [0.3, 0.4) is 0 Å². The summed E-state index contributed by atoms with van der Waals surface area (Å²) in [4.78, 5) is 39.0. The molecule has 0 bridgehead atoms. The van der Waals surface area contributed by atoms with E-state index in [4.69, 9.17) is 18.9 Å². The maximum Gasteiger partial charge on any atom is 0.317 e. The standard InChI is InChI=1S/C23H32O8/c1-12(2)30-21(25)19-15(24)11-23(5,27)20(22(26)31-13(3)4)18(19)14-8-9-16(28-6)17(10-14)29-7/h8-10,12-13,18-20,27H,11H2,1-7H3. The second-order valence-corrected chi connectivity index (χ2v) is 8.57. The predicted octanol–water partition coefficient (Wildman–Crippen LogP) is 2.65. The molecule has 1 aliphatic rings. The summed E-state index contributed by atoms with van der Waals surface area (Å²) in [6.07, 6.45) is -1.25. The Morgan fingerprint density at radius 1 is 1.00 bits per heavy atom. The maximum absolute atomic E-state index is 13.1. The quantitative estimate of drug-likeness (QED) is 0.513. The first-order chi connectivity index (χ1) is 14.4. The van der Waals surface area contributed by atoms with Crippen LogP contribution in [0.25, 0.3) is 0 Å². The number of hydrogen-bond donors (Lipinski definition) is 1. The molecule has 0 amide bonds. The van der Waals surface area contributed by atoms with Gasteiger partial charge in [0.05, 0.1) is 37.9 Å². The average Bonchev–Trinajstić information content (AvgIpc) is 2.64. The third-order valence-corrected chi connectivity index (χ3v) is 5.27. The van der Waals surface area contributed by atoms with Gasteiger partial charge in [-0.3, -0.25) is 14.4 Å². The molecule has 0 saturated heterocycles. The number of benzene rings is 1. The Kier molecular flexibility index (Phi) is 7.70. The molecule has 1 N–H and O–H groups in total. The molecule has 172 valence electrons. The van der Waals surface area contributed by atoms with E-state index in [1.165, 1.54) is 21.1 Å². The van der Waals surface area contributed by atoms with Crippen molar-refractivity contribution in [2.75, 3.05) is 14.2 Å². The van der Waals surface area contributed by atoms with E-state index in [2.05, 4.69) is 0 Å². The molecular weight excluding hydrogens is 404 g/mol. The SMILES string of the molecule is COc1ccc(C2C(C(=O)OC(C)C)C(=O)CC(C)(O)C2C(=O)OC(C)C)cc1OC. The number of hydrogen-bond acceptors (Lipinski definition) is 8. The van der Waals surface area contributed by atoms with Crippen LogP contribution in [0.1, 0.15) is 52.5 Å². The van der Waals surface area contributed by atoms with Crippen molar-refractivity contribution < 1.29 is 38.4 Å². The van der Waals surface area contributed by atoms with E-state index >= 15 is 0 Å². The molecule has 1 aliphatic carbocycles. The van der Waals surface area contributed by atoms with Crippen LogP contribution in [-0.2, 0) is 23.9 Å². The Morgan fingerprint density at radius 2 is 1.55 bits per heavy atom. The van der Waals surface area contributed by atoms with Crippen LogP contribution < -0.4 is 9.47 Å². The minimum Gasteiger partial charge on any atom is -0.493 e. The second kappa shape index (κ2) is 9.68. The summed E-state index contributed by atoms with van der Waals surface area (Å²) < 4.78 is 21.4. The van der Waals surface area contributed by atoms with Crippen LogP contribution in [0.15, 0.2) is 18.2 Å². The number of carbonyl (C=O) groups excluding carboxylic acids is 3. The van der Waals surface area contributed by atoms with E-state index in [1.807, 2.05) is 0 Å². The van der Waals surface area contributed by atoms with Crippen LogP contribution in [0.4, 0.5) is 0 Å². The van der Waals surface area contributed by atoms with Gasteiger partial charge in [0.1, 0.15) is 5.92 Å². The van der Waals surface area contributed by atoms with Crippen molar-refractivity contribution in [2.45, 2.75) is 64.8 Å². The molecule has 0 heterocycles. The van der Waals surface area contributed by atoms with E-state index < -0.39 is 53.3 Å². The molecule has 0 aromatic heterocycles. The Balaban J connectivity index is 2.69. The van der Waals surface area contributed by atoms with E-state index in [0.29, 0.717) is 17.1 Å². The van der Waals surface area contributed by atoms with Crippen molar-refractivity contribution in [2.24, 2.45) is 11.8 Å². The highest BCUT2D eigenvalue weighted by molar-refractivity contribution is 6.02. The first-order valence-corrected chi connectivity index (χ1v) is 10.3. The number of aliphatic hydroxyl groups is 1. The summed E-state index contributed by atoms with van der Waals surface area (Å²) >= 11 is 0. The Hall–Kier alpha value is -2.61. The lowest BCUT2D eigenvalue weighted by atomic mass is 9.61. The topological polar surface area (TPSA) is 108 Å². The Bertz CT molecular complexity index is 819. The van der Waals surface area contributed by atoms with Gasteiger partial charge in [-0.2, -0.15) is 0 Å². The summed E-state index contributed by atoms with van der Waals surface area (Å²) in [5.41, 5.74) is -1.25. The molecule has 0 aliphatic heterocycles. The number of carbonyl (C=O) groups is 3. The van der Waals surface area contributed by atoms with E-state index in [0.717, 1.165) is 0 Å². The third-order valence-electron chi connectivity index (χ3n) is 5.27. The van der Waals surface area contributed by atoms with Gasteiger partial charge in [0, 0.05) is 12.3 Å². The fraction of sp³-hybridized carbons (Fsp3) is 0.609. The van der Waals surface area contributed by atoms with Gasteiger partial charge in [0.2, 0.25) is 0 Å². The lowest BCUT2D eigenvalue weighted by Gasteiger charge is -2.44. The average molecular weight is 437 g/mol. The minimum absolute atomic E-state index is 0.365. The molecule has 1 fully saturated rings. The van der Waals surface area contributed by atoms with Crippen molar-refractivity contribution >= 4 is 17.7 Å². The van der Waals surface area contributed by atoms with E-state index in [-0.39, 0.29) is 6.42 Å². The predicted molar refractivity (Wildman–Crippen MR) is 112 cm³/mol. The molecule has 8 nitrogen and oxygen atoms in total. The molecule has 4 atom stereocenters. The molecule has 0 radical (unpaired) electrons. The molecule has 1 saturated carbocycles. The van der Waals surface area contributed by atoms with Gasteiger partial charge in [-0.15, -0.1) is 0 Å². The Morgan fingerprint density at radius 3 is 2.06 bits per heavy atom. The zero-order valence-electron chi connectivity index (χ0n) is 19.1. The minimum atomic E-state index is -1.71. The number of esters is 2. The van der Waals surface area contributed by atoms with Crippen molar-refractivity contribution in [1.29, 1.82) is 0 Å². The van der Waals surface area contributed by atoms with Gasteiger partial charge >= 0.3 is 11.9 Å². The van der Waals surface area contributed by atoms with Gasteiger partial charge in [-0.25, -0.2) is 0 Å². The number of rotatable bonds is 7.